The second-order valence-corrected chi connectivity index (χ2v) is 4.13. The highest BCUT2D eigenvalue weighted by atomic mass is 16.5. The minimum absolute atomic E-state index is 0.537. The number of methoxy groups -OCH3 is 2. The molecule has 0 amide bonds. The molecule has 0 aliphatic carbocycles. The van der Waals surface area contributed by atoms with Crippen molar-refractivity contribution in [1.82, 2.24) is 5.32 Å². The molecule has 1 aliphatic heterocycles. The van der Waals surface area contributed by atoms with Gasteiger partial charge in [0.05, 0.1) is 33.5 Å². The number of benzene rings is 1. The first-order valence-electron chi connectivity index (χ1n) is 5.85. The van der Waals surface area contributed by atoms with Crippen molar-refractivity contribution < 1.29 is 14.2 Å². The summed E-state index contributed by atoms with van der Waals surface area (Å²) in [5.74, 6) is 1.56. The fraction of sp³-hybridized carbons (Fsp3) is 0.538. The second-order valence-electron chi connectivity index (χ2n) is 4.13. The van der Waals surface area contributed by atoms with Crippen LogP contribution in [0.5, 0.6) is 11.5 Å². The highest BCUT2D eigenvalue weighted by Crippen LogP contribution is 2.27. The first kappa shape index (κ1) is 12.2. The van der Waals surface area contributed by atoms with Crippen molar-refractivity contribution in [3.63, 3.8) is 0 Å². The third-order valence-electron chi connectivity index (χ3n) is 2.93. The van der Waals surface area contributed by atoms with E-state index in [0.29, 0.717) is 6.04 Å². The van der Waals surface area contributed by atoms with Gasteiger partial charge in [0.1, 0.15) is 0 Å². The maximum atomic E-state index is 5.27. The molecule has 1 N–H and O–H groups in total. The first-order chi connectivity index (χ1) is 8.33. The lowest BCUT2D eigenvalue weighted by Gasteiger charge is -2.27. The van der Waals surface area contributed by atoms with Gasteiger partial charge in [0.15, 0.2) is 11.5 Å². The molecule has 0 radical (unpaired) electrons. The first-order valence-corrected chi connectivity index (χ1v) is 5.85. The van der Waals surface area contributed by atoms with Gasteiger partial charge in [-0.25, -0.2) is 0 Å². The lowest BCUT2D eigenvalue weighted by Crippen LogP contribution is -2.46. The highest BCUT2D eigenvalue weighted by Gasteiger charge is 2.16. The van der Waals surface area contributed by atoms with Gasteiger partial charge in [-0.15, -0.1) is 0 Å². The summed E-state index contributed by atoms with van der Waals surface area (Å²) in [4.78, 5) is 0. The van der Waals surface area contributed by atoms with Crippen LogP contribution >= 0.6 is 0 Å². The normalized spacial score (nSPS) is 15.4. The lowest BCUT2D eigenvalue weighted by atomic mass is 10.1. The maximum absolute atomic E-state index is 5.27. The summed E-state index contributed by atoms with van der Waals surface area (Å²) in [5.41, 5.74) is 1.25. The molecule has 0 atom stereocenters. The van der Waals surface area contributed by atoms with E-state index in [2.05, 4.69) is 11.4 Å². The van der Waals surface area contributed by atoms with Gasteiger partial charge in [-0.3, -0.25) is 0 Å². The summed E-state index contributed by atoms with van der Waals surface area (Å²) in [5, 5.41) is 3.44. The highest BCUT2D eigenvalue weighted by molar-refractivity contribution is 5.42. The molecule has 17 heavy (non-hydrogen) atoms. The van der Waals surface area contributed by atoms with E-state index >= 15 is 0 Å². The van der Waals surface area contributed by atoms with Gasteiger partial charge in [0.2, 0.25) is 0 Å². The Morgan fingerprint density at radius 3 is 2.59 bits per heavy atom. The predicted molar refractivity (Wildman–Crippen MR) is 65.9 cm³/mol. The van der Waals surface area contributed by atoms with E-state index in [1.165, 1.54) is 5.56 Å². The van der Waals surface area contributed by atoms with Crippen molar-refractivity contribution in [2.45, 2.75) is 12.5 Å². The molecule has 0 bridgehead atoms. The largest absolute Gasteiger partial charge is 0.493 e. The standard InChI is InChI=1S/C13H19NO3/c1-15-12-4-3-10(7-13(12)16-2)5-6-14-11-8-17-9-11/h3-4,7,11,14H,5-6,8-9H2,1-2H3. The Bertz CT molecular complexity index is 364. The van der Waals surface area contributed by atoms with E-state index in [1.54, 1.807) is 14.2 Å². The third-order valence-corrected chi connectivity index (χ3v) is 2.93. The molecule has 0 saturated carbocycles. The second kappa shape index (κ2) is 5.89. The molecule has 2 rings (SSSR count). The Morgan fingerprint density at radius 1 is 1.24 bits per heavy atom. The van der Waals surface area contributed by atoms with Crippen molar-refractivity contribution in [1.29, 1.82) is 0 Å². The minimum atomic E-state index is 0.537. The number of hydrogen-bond donors (Lipinski definition) is 1. The molecule has 94 valence electrons. The van der Waals surface area contributed by atoms with Crippen LogP contribution in [0.15, 0.2) is 18.2 Å². The van der Waals surface area contributed by atoms with E-state index in [9.17, 15) is 0 Å². The van der Waals surface area contributed by atoms with E-state index < -0.39 is 0 Å². The molecule has 1 fully saturated rings. The van der Waals surface area contributed by atoms with Crippen LogP contribution in [0.25, 0.3) is 0 Å². The summed E-state index contributed by atoms with van der Waals surface area (Å²) >= 11 is 0. The molecule has 1 aromatic carbocycles. The van der Waals surface area contributed by atoms with Gasteiger partial charge < -0.3 is 19.5 Å². The average molecular weight is 237 g/mol. The van der Waals surface area contributed by atoms with Crippen molar-refractivity contribution in [2.75, 3.05) is 34.0 Å². The average Bonchev–Trinajstić information content (AvgIpc) is 2.32. The molecule has 4 nitrogen and oxygen atoms in total. The molecule has 1 heterocycles. The van der Waals surface area contributed by atoms with Crippen LogP contribution in [-0.2, 0) is 11.2 Å². The third kappa shape index (κ3) is 3.11. The number of rotatable bonds is 6. The van der Waals surface area contributed by atoms with E-state index in [1.807, 2.05) is 12.1 Å². The maximum Gasteiger partial charge on any atom is 0.160 e. The summed E-state index contributed by atoms with van der Waals surface area (Å²) in [7, 11) is 3.31. The minimum Gasteiger partial charge on any atom is -0.493 e. The van der Waals surface area contributed by atoms with Crippen LogP contribution in [0.3, 0.4) is 0 Å². The van der Waals surface area contributed by atoms with Crippen LogP contribution in [0, 0.1) is 0 Å². The van der Waals surface area contributed by atoms with Crippen LogP contribution in [0.1, 0.15) is 5.56 Å². The fourth-order valence-electron chi connectivity index (χ4n) is 1.81. The van der Waals surface area contributed by atoms with Gasteiger partial charge in [-0.2, -0.15) is 0 Å². The van der Waals surface area contributed by atoms with E-state index in [4.69, 9.17) is 14.2 Å². The summed E-state index contributed by atoms with van der Waals surface area (Å²) in [6, 6.07) is 6.58. The lowest BCUT2D eigenvalue weighted by molar-refractivity contribution is -0.00467. The van der Waals surface area contributed by atoms with Crippen LogP contribution in [0.4, 0.5) is 0 Å². The number of nitrogens with one attached hydrogen (secondary N) is 1. The topological polar surface area (TPSA) is 39.7 Å². The van der Waals surface area contributed by atoms with Gasteiger partial charge in [-0.1, -0.05) is 6.07 Å². The monoisotopic (exact) mass is 237 g/mol. The molecule has 1 saturated heterocycles. The van der Waals surface area contributed by atoms with Crippen molar-refractivity contribution in [2.24, 2.45) is 0 Å². The molecule has 1 aliphatic rings. The Balaban J connectivity index is 1.86. The van der Waals surface area contributed by atoms with Crippen molar-refractivity contribution >= 4 is 0 Å². The van der Waals surface area contributed by atoms with Crippen LogP contribution in [0.2, 0.25) is 0 Å². The summed E-state index contributed by atoms with van der Waals surface area (Å²) in [6.45, 7) is 2.64. The van der Waals surface area contributed by atoms with Gasteiger partial charge >= 0.3 is 0 Å². The van der Waals surface area contributed by atoms with Crippen LogP contribution in [-0.4, -0.2) is 40.0 Å². The zero-order chi connectivity index (χ0) is 12.1. The number of ether oxygens (including phenoxy) is 3. The van der Waals surface area contributed by atoms with Gasteiger partial charge in [0, 0.05) is 0 Å². The number of hydrogen-bond acceptors (Lipinski definition) is 4. The molecule has 0 spiro atoms. The Hall–Kier alpha value is -1.26. The van der Waals surface area contributed by atoms with E-state index in [0.717, 1.165) is 37.7 Å². The molecule has 1 aromatic rings. The zero-order valence-electron chi connectivity index (χ0n) is 10.4. The van der Waals surface area contributed by atoms with Crippen molar-refractivity contribution in [3.05, 3.63) is 23.8 Å². The molecular formula is C13H19NO3. The molecular weight excluding hydrogens is 218 g/mol. The van der Waals surface area contributed by atoms with Gasteiger partial charge in [0.25, 0.3) is 0 Å². The molecule has 0 unspecified atom stereocenters. The quantitative estimate of drug-likeness (QED) is 0.808. The Morgan fingerprint density at radius 2 is 2.00 bits per heavy atom. The summed E-state index contributed by atoms with van der Waals surface area (Å²) < 4.78 is 15.6. The SMILES string of the molecule is COc1ccc(CCNC2COC2)cc1OC. The van der Waals surface area contributed by atoms with Gasteiger partial charge in [-0.05, 0) is 30.7 Å². The van der Waals surface area contributed by atoms with Crippen LogP contribution < -0.4 is 14.8 Å². The zero-order valence-corrected chi connectivity index (χ0v) is 10.4. The molecule has 0 aromatic heterocycles. The fourth-order valence-corrected chi connectivity index (χ4v) is 1.81. The molecule has 4 heteroatoms. The van der Waals surface area contributed by atoms with Crippen molar-refractivity contribution in [3.8, 4) is 11.5 Å². The summed E-state index contributed by atoms with van der Waals surface area (Å²) in [6.07, 6.45) is 0.983. The smallest absolute Gasteiger partial charge is 0.160 e. The van der Waals surface area contributed by atoms with E-state index in [-0.39, 0.29) is 0 Å². The predicted octanol–water partition coefficient (Wildman–Crippen LogP) is 1.23. The Labute approximate surface area is 102 Å². The Kier molecular flexibility index (Phi) is 4.23.